The first kappa shape index (κ1) is 14.1. The van der Waals surface area contributed by atoms with Gasteiger partial charge in [0.15, 0.2) is 0 Å². The Hall–Kier alpha value is -2.30. The number of nitrogens with zero attached hydrogens (tertiary/aromatic N) is 1. The number of methoxy groups -OCH3 is 1. The number of amides is 1. The highest BCUT2D eigenvalue weighted by Gasteiger charge is 2.22. The van der Waals surface area contributed by atoms with Crippen LogP contribution in [0.15, 0.2) is 30.3 Å². The van der Waals surface area contributed by atoms with Crippen LogP contribution in [0.3, 0.4) is 0 Å². The lowest BCUT2D eigenvalue weighted by Gasteiger charge is -2.18. The van der Waals surface area contributed by atoms with Gasteiger partial charge in [-0.1, -0.05) is 18.2 Å². The maximum absolute atomic E-state index is 11.8. The summed E-state index contributed by atoms with van der Waals surface area (Å²) in [6, 6.07) is 9.29. The van der Waals surface area contributed by atoms with E-state index in [9.17, 15) is 9.59 Å². The van der Waals surface area contributed by atoms with E-state index in [1.807, 2.05) is 35.8 Å². The van der Waals surface area contributed by atoms with Crippen molar-refractivity contribution >= 4 is 22.8 Å². The molecule has 5 nitrogen and oxygen atoms in total. The van der Waals surface area contributed by atoms with Crippen molar-refractivity contribution in [3.8, 4) is 0 Å². The van der Waals surface area contributed by atoms with E-state index in [1.54, 1.807) is 0 Å². The molecule has 1 unspecified atom stereocenters. The Bertz CT molecular complexity index is 646. The van der Waals surface area contributed by atoms with Crippen LogP contribution < -0.4 is 5.32 Å². The van der Waals surface area contributed by atoms with Crippen LogP contribution in [0.25, 0.3) is 10.9 Å². The highest BCUT2D eigenvalue weighted by Crippen LogP contribution is 2.19. The Morgan fingerprint density at radius 2 is 2.05 bits per heavy atom. The maximum atomic E-state index is 11.8. The van der Waals surface area contributed by atoms with Gasteiger partial charge in [-0.3, -0.25) is 4.79 Å². The number of para-hydroxylation sites is 1. The summed E-state index contributed by atoms with van der Waals surface area (Å²) in [5.74, 6) is -0.702. The van der Waals surface area contributed by atoms with Gasteiger partial charge in [0, 0.05) is 18.1 Å². The minimum Gasteiger partial charge on any atom is -0.467 e. The highest BCUT2D eigenvalue weighted by atomic mass is 16.5. The summed E-state index contributed by atoms with van der Waals surface area (Å²) in [5, 5.41) is 3.73. The van der Waals surface area contributed by atoms with Crippen LogP contribution in [-0.4, -0.2) is 29.6 Å². The number of carbonyl (C=O) groups is 2. The topological polar surface area (TPSA) is 60.3 Å². The zero-order chi connectivity index (χ0) is 14.7. The minimum atomic E-state index is -0.688. The molecule has 1 amide bonds. The summed E-state index contributed by atoms with van der Waals surface area (Å²) in [4.78, 5) is 23.0. The number of aryl methyl sites for hydroxylation is 1. The Labute approximate surface area is 117 Å². The molecule has 106 valence electrons. The first-order valence-electron chi connectivity index (χ1n) is 6.42. The third-order valence-corrected chi connectivity index (χ3v) is 3.25. The van der Waals surface area contributed by atoms with Crippen molar-refractivity contribution in [2.75, 3.05) is 7.11 Å². The quantitative estimate of drug-likeness (QED) is 0.862. The van der Waals surface area contributed by atoms with E-state index in [0.717, 1.165) is 16.6 Å². The molecule has 0 saturated heterocycles. The lowest BCUT2D eigenvalue weighted by molar-refractivity contribution is -0.145. The van der Waals surface area contributed by atoms with Gasteiger partial charge in [0.1, 0.15) is 6.04 Å². The zero-order valence-corrected chi connectivity index (χ0v) is 11.8. The number of ether oxygens (including phenoxy) is 1. The fraction of sp³-hybridized carbons (Fsp3) is 0.333. The molecule has 2 rings (SSSR count). The fourth-order valence-corrected chi connectivity index (χ4v) is 2.34. The van der Waals surface area contributed by atoms with E-state index in [0.29, 0.717) is 6.54 Å². The highest BCUT2D eigenvalue weighted by molar-refractivity contribution is 5.84. The molecule has 0 aliphatic heterocycles. The van der Waals surface area contributed by atoms with Crippen molar-refractivity contribution in [3.05, 3.63) is 36.0 Å². The molecular weight excluding hydrogens is 256 g/mol. The van der Waals surface area contributed by atoms with Gasteiger partial charge in [-0.15, -0.1) is 0 Å². The molecule has 0 spiro atoms. The molecule has 1 heterocycles. The minimum absolute atomic E-state index is 0.255. The number of hydrogen-bond donors (Lipinski definition) is 1. The van der Waals surface area contributed by atoms with Crippen LogP contribution >= 0.6 is 0 Å². The number of esters is 1. The lowest BCUT2D eigenvalue weighted by atomic mass is 10.2. The molecule has 0 fully saturated rings. The van der Waals surface area contributed by atoms with Gasteiger partial charge >= 0.3 is 5.97 Å². The van der Waals surface area contributed by atoms with Crippen molar-refractivity contribution in [1.82, 2.24) is 9.88 Å². The molecule has 1 atom stereocenters. The molecule has 5 heteroatoms. The second-order valence-corrected chi connectivity index (χ2v) is 4.73. The fourth-order valence-electron chi connectivity index (χ4n) is 2.34. The molecule has 20 heavy (non-hydrogen) atoms. The summed E-state index contributed by atoms with van der Waals surface area (Å²) < 4.78 is 6.75. The van der Waals surface area contributed by atoms with Gasteiger partial charge in [0.25, 0.3) is 0 Å². The molecule has 0 saturated carbocycles. The molecule has 0 aliphatic carbocycles. The molecule has 2 aromatic rings. The average Bonchev–Trinajstić information content (AvgIpc) is 2.73. The number of carbonyl (C=O) groups excluding carboxylic acids is 2. The first-order chi connectivity index (χ1) is 9.52. The number of rotatable bonds is 4. The normalized spacial score (nSPS) is 12.2. The number of benzene rings is 1. The van der Waals surface area contributed by atoms with Gasteiger partial charge in [0.2, 0.25) is 5.91 Å². The second-order valence-electron chi connectivity index (χ2n) is 4.73. The molecule has 1 aromatic carbocycles. The van der Waals surface area contributed by atoms with Crippen LogP contribution in [0.1, 0.15) is 12.6 Å². The predicted molar refractivity (Wildman–Crippen MR) is 76.3 cm³/mol. The standard InChI is InChI=1S/C15H18N2O3/c1-10-8-12-6-4-5-7-14(12)17(10)9-13(15(19)20-3)16-11(2)18/h4-8,13H,9H2,1-3H3,(H,16,18). The zero-order valence-electron chi connectivity index (χ0n) is 11.8. The van der Waals surface area contributed by atoms with E-state index >= 15 is 0 Å². The molecule has 1 N–H and O–H groups in total. The molecular formula is C15H18N2O3. The second kappa shape index (κ2) is 5.77. The van der Waals surface area contributed by atoms with E-state index in [4.69, 9.17) is 4.74 Å². The van der Waals surface area contributed by atoms with Crippen LogP contribution in [0.4, 0.5) is 0 Å². The number of fused-ring (bicyclic) bond motifs is 1. The van der Waals surface area contributed by atoms with E-state index in [-0.39, 0.29) is 5.91 Å². The molecule has 0 radical (unpaired) electrons. The van der Waals surface area contributed by atoms with Crippen molar-refractivity contribution in [2.45, 2.75) is 26.4 Å². The molecule has 0 bridgehead atoms. The summed E-state index contributed by atoms with van der Waals surface area (Å²) in [7, 11) is 1.32. The van der Waals surface area contributed by atoms with E-state index in [1.165, 1.54) is 14.0 Å². The van der Waals surface area contributed by atoms with E-state index in [2.05, 4.69) is 11.4 Å². The van der Waals surface area contributed by atoms with Crippen molar-refractivity contribution in [3.63, 3.8) is 0 Å². The van der Waals surface area contributed by atoms with Gasteiger partial charge < -0.3 is 14.6 Å². The number of hydrogen-bond acceptors (Lipinski definition) is 3. The number of aromatic nitrogens is 1. The molecule has 0 aliphatic rings. The van der Waals surface area contributed by atoms with Crippen molar-refractivity contribution in [1.29, 1.82) is 0 Å². The van der Waals surface area contributed by atoms with Crippen molar-refractivity contribution < 1.29 is 14.3 Å². The largest absolute Gasteiger partial charge is 0.467 e. The SMILES string of the molecule is COC(=O)C(Cn1c(C)cc2ccccc21)NC(C)=O. The summed E-state index contributed by atoms with van der Waals surface area (Å²) in [5.41, 5.74) is 2.06. The Morgan fingerprint density at radius 1 is 1.35 bits per heavy atom. The van der Waals surface area contributed by atoms with Gasteiger partial charge in [-0.05, 0) is 24.4 Å². The third kappa shape index (κ3) is 2.82. The third-order valence-electron chi connectivity index (χ3n) is 3.25. The summed E-state index contributed by atoms with van der Waals surface area (Å²) in [6.45, 7) is 3.71. The van der Waals surface area contributed by atoms with Crippen LogP contribution in [0.5, 0.6) is 0 Å². The van der Waals surface area contributed by atoms with Crippen LogP contribution in [0, 0.1) is 6.92 Å². The Morgan fingerprint density at radius 3 is 2.70 bits per heavy atom. The predicted octanol–water partition coefficient (Wildman–Crippen LogP) is 1.63. The van der Waals surface area contributed by atoms with Crippen LogP contribution in [-0.2, 0) is 20.9 Å². The maximum Gasteiger partial charge on any atom is 0.330 e. The average molecular weight is 274 g/mol. The van der Waals surface area contributed by atoms with Crippen LogP contribution in [0.2, 0.25) is 0 Å². The summed E-state index contributed by atoms with van der Waals surface area (Å²) >= 11 is 0. The summed E-state index contributed by atoms with van der Waals surface area (Å²) in [6.07, 6.45) is 0. The van der Waals surface area contributed by atoms with Gasteiger partial charge in [0.05, 0.1) is 13.7 Å². The Balaban J connectivity index is 2.35. The monoisotopic (exact) mass is 274 g/mol. The van der Waals surface area contributed by atoms with Crippen molar-refractivity contribution in [2.24, 2.45) is 0 Å². The first-order valence-corrected chi connectivity index (χ1v) is 6.42. The molecule has 1 aromatic heterocycles. The van der Waals surface area contributed by atoms with Gasteiger partial charge in [-0.2, -0.15) is 0 Å². The Kier molecular flexibility index (Phi) is 4.08. The smallest absolute Gasteiger partial charge is 0.330 e. The number of nitrogens with one attached hydrogen (secondary N) is 1. The lowest BCUT2D eigenvalue weighted by Crippen LogP contribution is -2.43. The van der Waals surface area contributed by atoms with Gasteiger partial charge in [-0.25, -0.2) is 4.79 Å². The van der Waals surface area contributed by atoms with E-state index < -0.39 is 12.0 Å².